The third-order valence-electron chi connectivity index (χ3n) is 5.57. The Labute approximate surface area is 201 Å². The summed E-state index contributed by atoms with van der Waals surface area (Å²) in [5.41, 5.74) is 1.52. The number of carbonyl (C=O) groups excluding carboxylic acids is 1. The lowest BCUT2D eigenvalue weighted by atomic mass is 9.87. The normalized spacial score (nSPS) is 18.1. The van der Waals surface area contributed by atoms with Gasteiger partial charge in [0.1, 0.15) is 5.82 Å². The quantitative estimate of drug-likeness (QED) is 0.458. The number of carbonyl (C=O) groups is 1. The van der Waals surface area contributed by atoms with E-state index in [1.165, 1.54) is 0 Å². The average Bonchev–Trinajstić information content (AvgIpc) is 3.21. The Hall–Kier alpha value is -2.41. The Kier molecular flexibility index (Phi) is 7.13. The van der Waals surface area contributed by atoms with Crippen LogP contribution in [0.5, 0.6) is 5.88 Å². The number of hydrogen-bond donors (Lipinski definition) is 0. The third kappa shape index (κ3) is 5.31. The van der Waals surface area contributed by atoms with Crippen LogP contribution in [0, 0.1) is 12.8 Å². The summed E-state index contributed by atoms with van der Waals surface area (Å²) in [6, 6.07) is 9.12. The topological polar surface area (TPSA) is 68.2 Å². The van der Waals surface area contributed by atoms with Gasteiger partial charge in [-0.15, -0.1) is 0 Å². The molecule has 32 heavy (non-hydrogen) atoms. The number of amides is 1. The van der Waals surface area contributed by atoms with Crippen molar-refractivity contribution < 1.29 is 9.53 Å². The van der Waals surface area contributed by atoms with Crippen molar-refractivity contribution in [1.82, 2.24) is 19.9 Å². The molecule has 3 aromatic rings. The molecule has 3 heterocycles. The molecule has 0 unspecified atom stereocenters. The minimum absolute atomic E-state index is 0.0853. The molecular weight excluding hydrogens is 471 g/mol. The molecule has 0 radical (unpaired) electrons. The molecule has 0 saturated carbocycles. The Morgan fingerprint density at radius 3 is 2.50 bits per heavy atom. The summed E-state index contributed by atoms with van der Waals surface area (Å²) in [5, 5.41) is 1.56. The summed E-state index contributed by atoms with van der Waals surface area (Å²) >= 11 is 18.3. The Bertz CT molecular complexity index is 1090. The maximum Gasteiger partial charge on any atom is 0.257 e. The van der Waals surface area contributed by atoms with Gasteiger partial charge < -0.3 is 9.64 Å². The zero-order valence-corrected chi connectivity index (χ0v) is 19.6. The molecule has 6 nitrogen and oxygen atoms in total. The van der Waals surface area contributed by atoms with Gasteiger partial charge in [-0.1, -0.05) is 40.9 Å². The molecule has 4 rings (SSSR count). The van der Waals surface area contributed by atoms with E-state index in [9.17, 15) is 4.79 Å². The highest BCUT2D eigenvalue weighted by atomic mass is 35.5. The lowest BCUT2D eigenvalue weighted by Crippen LogP contribution is -2.29. The first-order valence-electron chi connectivity index (χ1n) is 10.2. The molecule has 1 aliphatic rings. The second-order valence-electron chi connectivity index (χ2n) is 7.72. The van der Waals surface area contributed by atoms with Crippen molar-refractivity contribution in [3.63, 3.8) is 0 Å². The van der Waals surface area contributed by atoms with Gasteiger partial charge in [0, 0.05) is 43.7 Å². The van der Waals surface area contributed by atoms with Gasteiger partial charge in [0.05, 0.1) is 27.2 Å². The average molecular weight is 492 g/mol. The highest BCUT2D eigenvalue weighted by Crippen LogP contribution is 2.37. The van der Waals surface area contributed by atoms with E-state index in [1.807, 2.05) is 17.0 Å². The fraction of sp³-hybridized carbons (Fsp3) is 0.304. The number of hydrogen-bond acceptors (Lipinski definition) is 5. The number of likely N-dealkylation sites (tertiary alicyclic amines) is 1. The minimum atomic E-state index is -0.0853. The lowest BCUT2D eigenvalue weighted by molar-refractivity contribution is 0.0783. The van der Waals surface area contributed by atoms with Crippen LogP contribution in [0.15, 0.2) is 48.9 Å². The number of nitrogens with zero attached hydrogens (tertiary/aromatic N) is 4. The van der Waals surface area contributed by atoms with Crippen LogP contribution in [0.4, 0.5) is 0 Å². The molecule has 0 aliphatic carbocycles. The summed E-state index contributed by atoms with van der Waals surface area (Å²) in [7, 11) is 0. The molecule has 1 aromatic carbocycles. The van der Waals surface area contributed by atoms with Crippen molar-refractivity contribution in [3.8, 4) is 5.88 Å². The standard InChI is InChI=1S/C23H21Cl3N4O2/c1-14-27-9-17(10-28-14)23(31)30-12-16(6-7-32-22-5-3-18(24)11-29-22)19(13-30)15-2-4-20(25)21(26)8-15/h2-5,8-11,16,19H,6-7,12-13H2,1H3/t16-,19+/m0/s1. The van der Waals surface area contributed by atoms with E-state index in [1.54, 1.807) is 43.7 Å². The van der Waals surface area contributed by atoms with E-state index in [-0.39, 0.29) is 17.7 Å². The van der Waals surface area contributed by atoms with E-state index in [0.717, 1.165) is 12.0 Å². The van der Waals surface area contributed by atoms with Crippen LogP contribution in [0.25, 0.3) is 0 Å². The monoisotopic (exact) mass is 490 g/mol. The molecule has 0 bridgehead atoms. The van der Waals surface area contributed by atoms with Crippen LogP contribution in [-0.2, 0) is 0 Å². The van der Waals surface area contributed by atoms with Crippen molar-refractivity contribution in [2.24, 2.45) is 5.92 Å². The van der Waals surface area contributed by atoms with E-state index >= 15 is 0 Å². The molecule has 0 spiro atoms. The van der Waals surface area contributed by atoms with Crippen LogP contribution in [0.1, 0.15) is 34.1 Å². The molecule has 9 heteroatoms. The van der Waals surface area contributed by atoms with Gasteiger partial charge in [0.15, 0.2) is 0 Å². The second-order valence-corrected chi connectivity index (χ2v) is 8.97. The molecule has 2 aromatic heterocycles. The zero-order chi connectivity index (χ0) is 22.7. The van der Waals surface area contributed by atoms with E-state index < -0.39 is 0 Å². The van der Waals surface area contributed by atoms with E-state index in [4.69, 9.17) is 39.5 Å². The van der Waals surface area contributed by atoms with Crippen LogP contribution < -0.4 is 4.74 Å². The van der Waals surface area contributed by atoms with Gasteiger partial charge in [-0.2, -0.15) is 0 Å². The molecule has 1 fully saturated rings. The lowest BCUT2D eigenvalue weighted by Gasteiger charge is -2.19. The van der Waals surface area contributed by atoms with Gasteiger partial charge in [0.2, 0.25) is 5.88 Å². The van der Waals surface area contributed by atoms with Crippen LogP contribution in [0.2, 0.25) is 15.1 Å². The molecule has 166 valence electrons. The Balaban J connectivity index is 1.50. The largest absolute Gasteiger partial charge is 0.478 e. The summed E-state index contributed by atoms with van der Waals surface area (Å²) in [6.45, 7) is 3.41. The molecule has 0 N–H and O–H groups in total. The number of aromatic nitrogens is 3. The highest BCUT2D eigenvalue weighted by molar-refractivity contribution is 6.42. The number of aryl methyl sites for hydroxylation is 1. The number of rotatable bonds is 6. The molecule has 2 atom stereocenters. The SMILES string of the molecule is Cc1ncc(C(=O)N2C[C@H](CCOc3ccc(Cl)cn3)[C@@H](c3ccc(Cl)c(Cl)c3)C2)cn1. The second kappa shape index (κ2) is 10.0. The van der Waals surface area contributed by atoms with E-state index in [0.29, 0.717) is 52.0 Å². The fourth-order valence-corrected chi connectivity index (χ4v) is 4.32. The molecule has 1 saturated heterocycles. The third-order valence-corrected chi connectivity index (χ3v) is 6.53. The van der Waals surface area contributed by atoms with Crippen LogP contribution >= 0.6 is 34.8 Å². The fourth-order valence-electron chi connectivity index (χ4n) is 3.90. The first-order valence-corrected chi connectivity index (χ1v) is 11.3. The zero-order valence-electron chi connectivity index (χ0n) is 17.3. The van der Waals surface area contributed by atoms with Crippen LogP contribution in [-0.4, -0.2) is 45.5 Å². The molecular formula is C23H21Cl3N4O2. The van der Waals surface area contributed by atoms with Gasteiger partial charge in [-0.25, -0.2) is 15.0 Å². The van der Waals surface area contributed by atoms with Gasteiger partial charge in [0.25, 0.3) is 5.91 Å². The van der Waals surface area contributed by atoms with Crippen LogP contribution in [0.3, 0.4) is 0 Å². The minimum Gasteiger partial charge on any atom is -0.478 e. The number of halogens is 3. The number of benzene rings is 1. The summed E-state index contributed by atoms with van der Waals surface area (Å²) in [6.07, 6.45) is 5.43. The Morgan fingerprint density at radius 2 is 1.81 bits per heavy atom. The predicted molar refractivity (Wildman–Crippen MR) is 125 cm³/mol. The maximum atomic E-state index is 13.1. The number of ether oxygens (including phenoxy) is 1. The first-order chi connectivity index (χ1) is 15.4. The molecule has 1 amide bonds. The van der Waals surface area contributed by atoms with Gasteiger partial charge >= 0.3 is 0 Å². The van der Waals surface area contributed by atoms with Crippen molar-refractivity contribution in [1.29, 1.82) is 0 Å². The van der Waals surface area contributed by atoms with Crippen molar-refractivity contribution in [2.45, 2.75) is 19.3 Å². The smallest absolute Gasteiger partial charge is 0.257 e. The van der Waals surface area contributed by atoms with Crippen molar-refractivity contribution in [2.75, 3.05) is 19.7 Å². The molecule has 1 aliphatic heterocycles. The highest BCUT2D eigenvalue weighted by Gasteiger charge is 2.36. The number of pyridine rings is 1. The summed E-state index contributed by atoms with van der Waals surface area (Å²) < 4.78 is 5.80. The Morgan fingerprint density at radius 1 is 1.03 bits per heavy atom. The maximum absolute atomic E-state index is 13.1. The van der Waals surface area contributed by atoms with Crippen molar-refractivity contribution in [3.05, 3.63) is 80.9 Å². The van der Waals surface area contributed by atoms with Crippen molar-refractivity contribution >= 4 is 40.7 Å². The van der Waals surface area contributed by atoms with E-state index in [2.05, 4.69) is 15.0 Å². The summed E-state index contributed by atoms with van der Waals surface area (Å²) in [4.78, 5) is 27.4. The summed E-state index contributed by atoms with van der Waals surface area (Å²) in [5.74, 6) is 1.33. The van der Waals surface area contributed by atoms with Gasteiger partial charge in [-0.05, 0) is 43.0 Å². The van der Waals surface area contributed by atoms with Gasteiger partial charge in [-0.3, -0.25) is 4.79 Å². The predicted octanol–water partition coefficient (Wildman–Crippen LogP) is 5.47. The first kappa shape index (κ1) is 22.8.